The van der Waals surface area contributed by atoms with E-state index in [4.69, 9.17) is 14.2 Å². The summed E-state index contributed by atoms with van der Waals surface area (Å²) >= 11 is 0. The molecule has 0 unspecified atom stereocenters. The highest BCUT2D eigenvalue weighted by molar-refractivity contribution is 5.53. The van der Waals surface area contributed by atoms with Gasteiger partial charge in [0.15, 0.2) is 11.5 Å². The number of ether oxygens (including phenoxy) is 3. The molecule has 1 saturated heterocycles. The van der Waals surface area contributed by atoms with E-state index in [1.807, 2.05) is 19.1 Å². The molecule has 0 aliphatic carbocycles. The predicted molar refractivity (Wildman–Crippen MR) is 70.8 cm³/mol. The molecule has 4 nitrogen and oxygen atoms in total. The van der Waals surface area contributed by atoms with E-state index in [0.717, 1.165) is 30.0 Å². The average molecular weight is 251 g/mol. The van der Waals surface area contributed by atoms with Crippen LogP contribution in [0.25, 0.3) is 0 Å². The van der Waals surface area contributed by atoms with Gasteiger partial charge in [0.1, 0.15) is 6.61 Å². The van der Waals surface area contributed by atoms with Crippen LogP contribution < -0.4 is 19.5 Å². The third-order valence-electron chi connectivity index (χ3n) is 3.20. The van der Waals surface area contributed by atoms with E-state index in [2.05, 4.69) is 5.32 Å². The highest BCUT2D eigenvalue weighted by Crippen LogP contribution is 2.38. The van der Waals surface area contributed by atoms with Gasteiger partial charge in [-0.15, -0.1) is 0 Å². The van der Waals surface area contributed by atoms with E-state index in [1.165, 1.54) is 6.42 Å². The molecule has 1 N–H and O–H groups in total. The van der Waals surface area contributed by atoms with Crippen LogP contribution in [0.1, 0.15) is 18.4 Å². The van der Waals surface area contributed by atoms with Gasteiger partial charge in [0.25, 0.3) is 0 Å². The zero-order valence-electron chi connectivity index (χ0n) is 11.3. The fourth-order valence-electron chi connectivity index (χ4n) is 2.24. The van der Waals surface area contributed by atoms with Crippen molar-refractivity contribution < 1.29 is 14.2 Å². The monoisotopic (exact) mass is 251 g/mol. The average Bonchev–Trinajstić information content (AvgIpc) is 2.89. The second-order valence-corrected chi connectivity index (χ2v) is 4.60. The fourth-order valence-corrected chi connectivity index (χ4v) is 2.24. The molecule has 1 aliphatic rings. The molecule has 1 heterocycles. The Hall–Kier alpha value is -1.42. The highest BCUT2D eigenvalue weighted by atomic mass is 16.5. The topological polar surface area (TPSA) is 39.7 Å². The SMILES string of the molecule is COc1cc(C)cc(OC)c1OC[C@H]1CCCN1. The zero-order chi connectivity index (χ0) is 13.0. The number of benzene rings is 1. The van der Waals surface area contributed by atoms with Crippen LogP contribution in [0.5, 0.6) is 17.2 Å². The molecule has 0 saturated carbocycles. The van der Waals surface area contributed by atoms with Crippen molar-refractivity contribution in [3.63, 3.8) is 0 Å². The Morgan fingerprint density at radius 1 is 1.22 bits per heavy atom. The molecular weight excluding hydrogens is 230 g/mol. The van der Waals surface area contributed by atoms with Gasteiger partial charge < -0.3 is 19.5 Å². The molecule has 2 rings (SSSR count). The number of methoxy groups -OCH3 is 2. The molecule has 0 aromatic heterocycles. The van der Waals surface area contributed by atoms with E-state index in [-0.39, 0.29) is 0 Å². The van der Waals surface area contributed by atoms with Crippen molar-refractivity contribution in [2.45, 2.75) is 25.8 Å². The van der Waals surface area contributed by atoms with Gasteiger partial charge in [-0.25, -0.2) is 0 Å². The van der Waals surface area contributed by atoms with Gasteiger partial charge in [-0.1, -0.05) is 0 Å². The largest absolute Gasteiger partial charge is 0.493 e. The Balaban J connectivity index is 2.13. The number of hydrogen-bond acceptors (Lipinski definition) is 4. The predicted octanol–water partition coefficient (Wildman–Crippen LogP) is 2.14. The first-order chi connectivity index (χ1) is 8.74. The number of aryl methyl sites for hydroxylation is 1. The summed E-state index contributed by atoms with van der Waals surface area (Å²) in [6.07, 6.45) is 2.38. The van der Waals surface area contributed by atoms with Crippen molar-refractivity contribution in [3.05, 3.63) is 17.7 Å². The zero-order valence-corrected chi connectivity index (χ0v) is 11.3. The maximum atomic E-state index is 5.88. The van der Waals surface area contributed by atoms with Gasteiger partial charge in [-0.05, 0) is 44.0 Å². The van der Waals surface area contributed by atoms with Crippen molar-refractivity contribution in [1.29, 1.82) is 0 Å². The minimum Gasteiger partial charge on any atom is -0.493 e. The van der Waals surface area contributed by atoms with Gasteiger partial charge in [0, 0.05) is 6.04 Å². The number of nitrogens with one attached hydrogen (secondary N) is 1. The normalized spacial score (nSPS) is 18.7. The molecule has 0 spiro atoms. The molecule has 1 aromatic rings. The molecule has 0 bridgehead atoms. The van der Waals surface area contributed by atoms with E-state index < -0.39 is 0 Å². The Morgan fingerprint density at radius 2 is 1.89 bits per heavy atom. The summed E-state index contributed by atoms with van der Waals surface area (Å²) in [6.45, 7) is 3.74. The Kier molecular flexibility index (Phi) is 4.31. The smallest absolute Gasteiger partial charge is 0.203 e. The van der Waals surface area contributed by atoms with Crippen molar-refractivity contribution >= 4 is 0 Å². The molecule has 4 heteroatoms. The molecule has 0 radical (unpaired) electrons. The molecule has 18 heavy (non-hydrogen) atoms. The van der Waals surface area contributed by atoms with E-state index in [1.54, 1.807) is 14.2 Å². The van der Waals surface area contributed by atoms with Crippen molar-refractivity contribution in [3.8, 4) is 17.2 Å². The Bertz CT molecular complexity index is 375. The van der Waals surface area contributed by atoms with Gasteiger partial charge in [0.05, 0.1) is 14.2 Å². The molecular formula is C14H21NO3. The minimum absolute atomic E-state index is 0.431. The van der Waals surface area contributed by atoms with Crippen molar-refractivity contribution in [2.75, 3.05) is 27.4 Å². The summed E-state index contributed by atoms with van der Waals surface area (Å²) in [7, 11) is 3.30. The quantitative estimate of drug-likeness (QED) is 0.870. The lowest BCUT2D eigenvalue weighted by atomic mass is 10.2. The van der Waals surface area contributed by atoms with Gasteiger partial charge in [-0.2, -0.15) is 0 Å². The highest BCUT2D eigenvalue weighted by Gasteiger charge is 2.18. The van der Waals surface area contributed by atoms with Gasteiger partial charge in [0.2, 0.25) is 5.75 Å². The first-order valence-electron chi connectivity index (χ1n) is 6.33. The van der Waals surface area contributed by atoms with Crippen LogP contribution in [0.3, 0.4) is 0 Å². The molecule has 1 fully saturated rings. The molecule has 1 atom stereocenters. The van der Waals surface area contributed by atoms with Crippen LogP contribution in [-0.4, -0.2) is 33.4 Å². The van der Waals surface area contributed by atoms with Crippen LogP contribution in [0.15, 0.2) is 12.1 Å². The lowest BCUT2D eigenvalue weighted by Crippen LogP contribution is -2.28. The first kappa shape index (κ1) is 13.0. The molecule has 1 aliphatic heterocycles. The summed E-state index contributed by atoms with van der Waals surface area (Å²) in [6, 6.07) is 4.35. The van der Waals surface area contributed by atoms with E-state index >= 15 is 0 Å². The first-order valence-corrected chi connectivity index (χ1v) is 6.33. The van der Waals surface area contributed by atoms with Crippen molar-refractivity contribution in [1.82, 2.24) is 5.32 Å². The molecule has 1 aromatic carbocycles. The van der Waals surface area contributed by atoms with Gasteiger partial charge >= 0.3 is 0 Å². The van der Waals surface area contributed by atoms with Crippen LogP contribution in [0.2, 0.25) is 0 Å². The Morgan fingerprint density at radius 3 is 2.39 bits per heavy atom. The lowest BCUT2D eigenvalue weighted by molar-refractivity contribution is 0.248. The Labute approximate surface area is 108 Å². The summed E-state index contributed by atoms with van der Waals surface area (Å²) < 4.78 is 16.6. The summed E-state index contributed by atoms with van der Waals surface area (Å²) in [5.74, 6) is 2.15. The van der Waals surface area contributed by atoms with Gasteiger partial charge in [-0.3, -0.25) is 0 Å². The fraction of sp³-hybridized carbons (Fsp3) is 0.571. The van der Waals surface area contributed by atoms with E-state index in [9.17, 15) is 0 Å². The third-order valence-corrected chi connectivity index (χ3v) is 3.20. The summed E-state index contributed by atoms with van der Waals surface area (Å²) in [5, 5.41) is 3.41. The van der Waals surface area contributed by atoms with Crippen molar-refractivity contribution in [2.24, 2.45) is 0 Å². The third kappa shape index (κ3) is 2.88. The summed E-state index contributed by atoms with van der Waals surface area (Å²) in [5.41, 5.74) is 1.09. The van der Waals surface area contributed by atoms with Crippen LogP contribution >= 0.6 is 0 Å². The lowest BCUT2D eigenvalue weighted by Gasteiger charge is -2.17. The molecule has 100 valence electrons. The maximum absolute atomic E-state index is 5.88. The number of rotatable bonds is 5. The maximum Gasteiger partial charge on any atom is 0.203 e. The minimum atomic E-state index is 0.431. The second-order valence-electron chi connectivity index (χ2n) is 4.60. The standard InChI is InChI=1S/C14H21NO3/c1-10-7-12(16-2)14(13(8-10)17-3)18-9-11-5-4-6-15-11/h7-8,11,15H,4-6,9H2,1-3H3/t11-/m1/s1. The van der Waals surface area contributed by atoms with E-state index in [0.29, 0.717) is 18.4 Å². The summed E-state index contributed by atoms with van der Waals surface area (Å²) in [4.78, 5) is 0. The number of hydrogen-bond donors (Lipinski definition) is 1. The van der Waals surface area contributed by atoms with Crippen LogP contribution in [0, 0.1) is 6.92 Å². The second kappa shape index (κ2) is 5.96. The van der Waals surface area contributed by atoms with Crippen LogP contribution in [-0.2, 0) is 0 Å². The molecule has 0 amide bonds. The van der Waals surface area contributed by atoms with Crippen LogP contribution in [0.4, 0.5) is 0 Å².